The van der Waals surface area contributed by atoms with Crippen molar-refractivity contribution in [2.75, 3.05) is 52.4 Å². The molecule has 0 unspecified atom stereocenters. The van der Waals surface area contributed by atoms with E-state index in [9.17, 15) is 0 Å². The summed E-state index contributed by atoms with van der Waals surface area (Å²) >= 11 is 0. The minimum absolute atomic E-state index is 0. The van der Waals surface area contributed by atoms with E-state index in [1.165, 1.54) is 334 Å². The molecule has 0 aliphatic heterocycles. The monoisotopic (exact) mass is 1200 g/mol. The number of nitrogens with zero attached hydrogens (tertiary/aromatic N) is 4. The number of rotatable bonds is 60. The molecular formula is C68H144HfN4. The Balaban J connectivity index is -0.000000348. The Morgan fingerprint density at radius 2 is 0.219 bits per heavy atom. The molecule has 73 heavy (non-hydrogen) atoms. The van der Waals surface area contributed by atoms with Crippen molar-refractivity contribution in [3.63, 3.8) is 0 Å². The van der Waals surface area contributed by atoms with Crippen LogP contribution in [0.4, 0.5) is 0 Å². The topological polar surface area (TPSA) is 56.4 Å². The van der Waals surface area contributed by atoms with Crippen LogP contribution in [-0.2, 0) is 25.8 Å². The van der Waals surface area contributed by atoms with Crippen LogP contribution in [0.1, 0.15) is 389 Å². The first-order valence-electron chi connectivity index (χ1n) is 34.2. The smallest absolute Gasteiger partial charge is 0.662 e. The maximum atomic E-state index is 4.78. The molecule has 0 aromatic carbocycles. The van der Waals surface area contributed by atoms with E-state index in [1.807, 2.05) is 0 Å². The molecule has 0 N–H and O–H groups in total. The SMILES string of the molecule is CCCCCCCCCCCCCCCCCC[N-]CCCCCCCCCCCCCCCCCC.CCCCCCCC[N-]CCCCCCCC.CCCC[N-]CCCC.CCCC[N-]CCCC.[Hf+4]. The molecule has 0 aromatic heterocycles. The molecule has 0 saturated heterocycles. The van der Waals surface area contributed by atoms with Gasteiger partial charge in [0, 0.05) is 0 Å². The largest absolute Gasteiger partial charge is 4.00 e. The van der Waals surface area contributed by atoms with E-state index >= 15 is 0 Å². The van der Waals surface area contributed by atoms with E-state index in [0.717, 1.165) is 52.4 Å². The van der Waals surface area contributed by atoms with Gasteiger partial charge in [0.2, 0.25) is 0 Å². The van der Waals surface area contributed by atoms with Crippen LogP contribution in [0.2, 0.25) is 0 Å². The van der Waals surface area contributed by atoms with Crippen LogP contribution in [0.3, 0.4) is 0 Å². The van der Waals surface area contributed by atoms with E-state index in [2.05, 4.69) is 71.3 Å². The van der Waals surface area contributed by atoms with E-state index in [1.54, 1.807) is 0 Å². The minimum Gasteiger partial charge on any atom is -0.662 e. The number of hydrogen-bond donors (Lipinski definition) is 0. The van der Waals surface area contributed by atoms with Crippen molar-refractivity contribution < 1.29 is 25.8 Å². The molecule has 4 nitrogen and oxygen atoms in total. The molecule has 0 bridgehead atoms. The Morgan fingerprint density at radius 1 is 0.123 bits per heavy atom. The Kier molecular flexibility index (Phi) is 101. The summed E-state index contributed by atoms with van der Waals surface area (Å²) in [5.74, 6) is 0. The molecule has 5 heteroatoms. The Hall–Kier alpha value is 0.710. The minimum atomic E-state index is 0. The van der Waals surface area contributed by atoms with Crippen molar-refractivity contribution in [2.24, 2.45) is 0 Å². The summed E-state index contributed by atoms with van der Waals surface area (Å²) in [6, 6.07) is 0. The summed E-state index contributed by atoms with van der Waals surface area (Å²) in [5, 5.41) is 18.1. The molecule has 0 radical (unpaired) electrons. The van der Waals surface area contributed by atoms with E-state index in [4.69, 9.17) is 5.32 Å². The molecule has 0 aromatic rings. The van der Waals surface area contributed by atoms with Gasteiger partial charge in [-0.2, -0.15) is 0 Å². The second-order valence-electron chi connectivity index (χ2n) is 22.2. The van der Waals surface area contributed by atoms with Crippen molar-refractivity contribution in [3.8, 4) is 0 Å². The number of unbranched alkanes of at least 4 members (excludes halogenated alkanes) is 44. The maximum Gasteiger partial charge on any atom is 4.00 e. The molecule has 0 aliphatic carbocycles. The number of hydrogen-bond acceptors (Lipinski definition) is 0. The zero-order valence-electron chi connectivity index (χ0n) is 52.7. The van der Waals surface area contributed by atoms with Gasteiger partial charge in [0.1, 0.15) is 0 Å². The molecule has 0 atom stereocenters. The van der Waals surface area contributed by atoms with Crippen LogP contribution < -0.4 is 0 Å². The van der Waals surface area contributed by atoms with Gasteiger partial charge in [-0.05, 0) is 0 Å². The van der Waals surface area contributed by atoms with Crippen molar-refractivity contribution in [1.82, 2.24) is 0 Å². The fourth-order valence-corrected chi connectivity index (χ4v) is 9.08. The van der Waals surface area contributed by atoms with Crippen molar-refractivity contribution >= 4 is 0 Å². The van der Waals surface area contributed by atoms with E-state index in [0.29, 0.717) is 0 Å². The molecular weight excluding hydrogens is 1050 g/mol. The Labute approximate surface area is 485 Å². The van der Waals surface area contributed by atoms with Crippen LogP contribution in [0.5, 0.6) is 0 Å². The molecule has 440 valence electrons. The fourth-order valence-electron chi connectivity index (χ4n) is 9.08. The average Bonchev–Trinajstić information content (AvgIpc) is 3.39. The standard InChI is InChI=1S/C36H74N.C16H34N.2C8H18N.Hf/c1-3-5-7-9-11-13-15-17-19-21-23-25-27-29-31-33-35-37-36-34-32-30-28-26-24-22-20-18-16-14-12-10-8-6-4-2;1-3-5-7-9-11-13-15-17-16-14-12-10-8-6-4-2;2*1-3-5-7-9-8-6-4-2;/h3-36H2,1-2H3;3-16H2,1-2H3;2*3-8H2,1-2H3;/q4*-1;+4. The van der Waals surface area contributed by atoms with Gasteiger partial charge in [-0.1, -0.05) is 389 Å². The molecule has 0 saturated carbocycles. The zero-order chi connectivity index (χ0) is 53.3. The third-order valence-corrected chi connectivity index (χ3v) is 14.4. The first-order valence-corrected chi connectivity index (χ1v) is 34.2. The predicted molar refractivity (Wildman–Crippen MR) is 338 cm³/mol. The summed E-state index contributed by atoms with van der Waals surface area (Å²) in [6.07, 6.45) is 73.2. The summed E-state index contributed by atoms with van der Waals surface area (Å²) in [5.41, 5.74) is 0. The van der Waals surface area contributed by atoms with Crippen molar-refractivity contribution in [1.29, 1.82) is 0 Å². The van der Waals surface area contributed by atoms with Crippen molar-refractivity contribution in [2.45, 2.75) is 389 Å². The van der Waals surface area contributed by atoms with Crippen LogP contribution in [0.25, 0.3) is 21.3 Å². The molecule has 0 heterocycles. The third-order valence-electron chi connectivity index (χ3n) is 14.4. The molecule has 0 rings (SSSR count). The van der Waals surface area contributed by atoms with Gasteiger partial charge in [-0.15, -0.1) is 52.4 Å². The van der Waals surface area contributed by atoms with Crippen LogP contribution in [0, 0.1) is 0 Å². The van der Waals surface area contributed by atoms with Gasteiger partial charge in [0.25, 0.3) is 0 Å². The second kappa shape index (κ2) is 89.3. The normalized spacial score (nSPS) is 10.8. The summed E-state index contributed by atoms with van der Waals surface area (Å²) in [7, 11) is 0. The molecule has 0 spiro atoms. The van der Waals surface area contributed by atoms with Crippen LogP contribution in [-0.4, -0.2) is 52.4 Å². The predicted octanol–water partition coefficient (Wildman–Crippen LogP) is 25.9. The van der Waals surface area contributed by atoms with Gasteiger partial charge in [0.05, 0.1) is 0 Å². The Morgan fingerprint density at radius 3 is 0.342 bits per heavy atom. The summed E-state index contributed by atoms with van der Waals surface area (Å²) < 4.78 is 0. The average molecular weight is 1200 g/mol. The third kappa shape index (κ3) is 98.6. The van der Waals surface area contributed by atoms with Gasteiger partial charge < -0.3 is 21.3 Å². The first-order chi connectivity index (χ1) is 35.7. The van der Waals surface area contributed by atoms with Crippen LogP contribution in [0.15, 0.2) is 0 Å². The van der Waals surface area contributed by atoms with Crippen LogP contribution >= 0.6 is 0 Å². The fraction of sp³-hybridized carbons (Fsp3) is 1.00. The van der Waals surface area contributed by atoms with E-state index in [-0.39, 0.29) is 25.8 Å². The summed E-state index contributed by atoms with van der Waals surface area (Å²) in [6.45, 7) is 26.8. The summed E-state index contributed by atoms with van der Waals surface area (Å²) in [4.78, 5) is 0. The molecule has 0 aliphatic rings. The van der Waals surface area contributed by atoms with Gasteiger partial charge in [0.15, 0.2) is 0 Å². The van der Waals surface area contributed by atoms with Gasteiger partial charge in [-0.25, -0.2) is 0 Å². The Bertz CT molecular complexity index is 724. The van der Waals surface area contributed by atoms with Gasteiger partial charge >= 0.3 is 25.8 Å². The second-order valence-corrected chi connectivity index (χ2v) is 22.2. The van der Waals surface area contributed by atoms with E-state index < -0.39 is 0 Å². The van der Waals surface area contributed by atoms with Gasteiger partial charge in [-0.3, -0.25) is 0 Å². The quantitative estimate of drug-likeness (QED) is 0.0430. The zero-order valence-corrected chi connectivity index (χ0v) is 56.3. The molecule has 0 amide bonds. The molecule has 0 fully saturated rings. The maximum absolute atomic E-state index is 4.78. The first kappa shape index (κ1) is 82.5. The van der Waals surface area contributed by atoms with Crippen molar-refractivity contribution in [3.05, 3.63) is 21.3 Å².